The average Bonchev–Trinajstić information content (AvgIpc) is 2.73. The molecule has 1 amide bonds. The van der Waals surface area contributed by atoms with Crippen LogP contribution in [0.3, 0.4) is 0 Å². The van der Waals surface area contributed by atoms with Gasteiger partial charge in [0.2, 0.25) is 5.91 Å². The van der Waals surface area contributed by atoms with Crippen molar-refractivity contribution >= 4 is 5.91 Å². The van der Waals surface area contributed by atoms with Crippen LogP contribution in [-0.2, 0) is 4.79 Å². The van der Waals surface area contributed by atoms with E-state index in [4.69, 9.17) is 0 Å². The molecule has 0 spiro atoms. The molecule has 1 heterocycles. The van der Waals surface area contributed by atoms with Crippen LogP contribution < -0.4 is 10.6 Å². The number of carbonyl (C=O) groups is 1. The molecule has 0 aromatic rings. The largest absolute Gasteiger partial charge is 0.394 e. The van der Waals surface area contributed by atoms with E-state index in [2.05, 4.69) is 17.6 Å². The van der Waals surface area contributed by atoms with Crippen LogP contribution in [0.2, 0.25) is 0 Å². The molecule has 1 aliphatic heterocycles. The monoisotopic (exact) mass is 226 g/mol. The first-order chi connectivity index (χ1) is 7.66. The highest BCUT2D eigenvalue weighted by Crippen LogP contribution is 2.35. The maximum Gasteiger partial charge on any atom is 0.228 e. The summed E-state index contributed by atoms with van der Waals surface area (Å²) in [4.78, 5) is 12.3. The fourth-order valence-corrected chi connectivity index (χ4v) is 2.70. The molecule has 0 bridgehead atoms. The van der Waals surface area contributed by atoms with Crippen LogP contribution in [0, 0.1) is 5.41 Å². The van der Waals surface area contributed by atoms with Crippen molar-refractivity contribution in [3.05, 3.63) is 0 Å². The summed E-state index contributed by atoms with van der Waals surface area (Å²) in [7, 11) is 0. The van der Waals surface area contributed by atoms with Crippen LogP contribution in [-0.4, -0.2) is 36.2 Å². The molecule has 4 heteroatoms. The summed E-state index contributed by atoms with van der Waals surface area (Å²) in [6.45, 7) is 3.84. The van der Waals surface area contributed by atoms with Crippen molar-refractivity contribution in [1.29, 1.82) is 0 Å². The van der Waals surface area contributed by atoms with E-state index in [1.807, 2.05) is 0 Å². The zero-order chi connectivity index (χ0) is 11.6. The van der Waals surface area contributed by atoms with Gasteiger partial charge in [-0.05, 0) is 38.6 Å². The first-order valence-electron chi connectivity index (χ1n) is 6.31. The van der Waals surface area contributed by atoms with E-state index in [0.29, 0.717) is 0 Å². The molecular weight excluding hydrogens is 204 g/mol. The molecule has 1 unspecified atom stereocenters. The number of aliphatic hydroxyl groups is 1. The summed E-state index contributed by atoms with van der Waals surface area (Å²) < 4.78 is 0. The predicted octanol–water partition coefficient (Wildman–Crippen LogP) is 0.407. The Kier molecular flexibility index (Phi) is 3.22. The molecule has 92 valence electrons. The highest BCUT2D eigenvalue weighted by Gasteiger charge is 2.45. The number of hydrogen-bond acceptors (Lipinski definition) is 3. The lowest BCUT2D eigenvalue weighted by atomic mass is 9.75. The Balaban J connectivity index is 2.01. The summed E-state index contributed by atoms with van der Waals surface area (Å²) >= 11 is 0. The minimum atomic E-state index is -0.304. The van der Waals surface area contributed by atoms with Gasteiger partial charge in [0, 0.05) is 6.54 Å². The molecule has 1 aliphatic carbocycles. The van der Waals surface area contributed by atoms with Gasteiger partial charge >= 0.3 is 0 Å². The van der Waals surface area contributed by atoms with Gasteiger partial charge in [0.1, 0.15) is 0 Å². The van der Waals surface area contributed by atoms with Crippen molar-refractivity contribution in [3.63, 3.8) is 0 Å². The summed E-state index contributed by atoms with van der Waals surface area (Å²) in [6, 6.07) is 0. The van der Waals surface area contributed by atoms with Crippen LogP contribution in [0.5, 0.6) is 0 Å². The van der Waals surface area contributed by atoms with Gasteiger partial charge in [0.15, 0.2) is 0 Å². The first-order valence-corrected chi connectivity index (χ1v) is 6.31. The fraction of sp³-hybridized carbons (Fsp3) is 0.917. The van der Waals surface area contributed by atoms with Gasteiger partial charge in [-0.15, -0.1) is 0 Å². The standard InChI is InChI=1S/C12H22N2O2/c1-2-11(6-7-13-8-11)10(16)14-12(9-15)4-3-5-12/h13,15H,2-9H2,1H3,(H,14,16). The summed E-state index contributed by atoms with van der Waals surface area (Å²) in [5, 5.41) is 15.7. The Hall–Kier alpha value is -0.610. The second-order valence-corrected chi connectivity index (χ2v) is 5.31. The Labute approximate surface area is 96.8 Å². The second-order valence-electron chi connectivity index (χ2n) is 5.31. The van der Waals surface area contributed by atoms with Crippen molar-refractivity contribution in [2.75, 3.05) is 19.7 Å². The second kappa shape index (κ2) is 4.34. The van der Waals surface area contributed by atoms with Crippen molar-refractivity contribution in [3.8, 4) is 0 Å². The van der Waals surface area contributed by atoms with E-state index in [9.17, 15) is 9.90 Å². The van der Waals surface area contributed by atoms with Gasteiger partial charge in [0.05, 0.1) is 17.6 Å². The fourth-order valence-electron chi connectivity index (χ4n) is 2.70. The summed E-state index contributed by atoms with van der Waals surface area (Å²) in [6.07, 6.45) is 4.73. The minimum absolute atomic E-state index is 0.0754. The molecule has 2 aliphatic rings. The lowest BCUT2D eigenvalue weighted by Crippen LogP contribution is -2.59. The lowest BCUT2D eigenvalue weighted by molar-refractivity contribution is -0.134. The smallest absolute Gasteiger partial charge is 0.228 e. The Bertz CT molecular complexity index is 263. The summed E-state index contributed by atoms with van der Waals surface area (Å²) in [5.74, 6) is 0.133. The third kappa shape index (κ3) is 1.84. The number of nitrogens with one attached hydrogen (secondary N) is 2. The van der Waals surface area contributed by atoms with E-state index in [1.165, 1.54) is 0 Å². The van der Waals surface area contributed by atoms with Gasteiger partial charge in [-0.1, -0.05) is 6.92 Å². The van der Waals surface area contributed by atoms with Crippen LogP contribution in [0.4, 0.5) is 0 Å². The summed E-state index contributed by atoms with van der Waals surface area (Å²) in [5.41, 5.74) is -0.542. The number of aliphatic hydroxyl groups excluding tert-OH is 1. The van der Waals surface area contributed by atoms with Gasteiger partial charge < -0.3 is 15.7 Å². The highest BCUT2D eigenvalue weighted by atomic mass is 16.3. The number of carbonyl (C=O) groups excluding carboxylic acids is 1. The molecule has 3 N–H and O–H groups in total. The first kappa shape index (κ1) is 11.9. The van der Waals surface area contributed by atoms with Crippen LogP contribution in [0.25, 0.3) is 0 Å². The Morgan fingerprint density at radius 2 is 2.19 bits per heavy atom. The zero-order valence-electron chi connectivity index (χ0n) is 10.0. The van der Waals surface area contributed by atoms with Gasteiger partial charge in [0.25, 0.3) is 0 Å². The average molecular weight is 226 g/mol. The topological polar surface area (TPSA) is 61.4 Å². The van der Waals surface area contributed by atoms with Gasteiger partial charge in [-0.25, -0.2) is 0 Å². The van der Waals surface area contributed by atoms with E-state index in [0.717, 1.165) is 45.2 Å². The predicted molar refractivity (Wildman–Crippen MR) is 62.0 cm³/mol. The van der Waals surface area contributed by atoms with E-state index in [1.54, 1.807) is 0 Å². The Morgan fingerprint density at radius 1 is 1.44 bits per heavy atom. The molecule has 1 atom stereocenters. The highest BCUT2D eigenvalue weighted by molar-refractivity contribution is 5.84. The van der Waals surface area contributed by atoms with E-state index >= 15 is 0 Å². The zero-order valence-corrected chi connectivity index (χ0v) is 10.0. The molecule has 0 aromatic carbocycles. The normalized spacial score (nSPS) is 32.1. The third-order valence-electron chi connectivity index (χ3n) is 4.39. The van der Waals surface area contributed by atoms with E-state index in [-0.39, 0.29) is 23.5 Å². The maximum absolute atomic E-state index is 12.3. The molecule has 2 rings (SSSR count). The minimum Gasteiger partial charge on any atom is -0.394 e. The lowest BCUT2D eigenvalue weighted by Gasteiger charge is -2.43. The van der Waals surface area contributed by atoms with Crippen molar-refractivity contribution < 1.29 is 9.90 Å². The number of rotatable bonds is 4. The van der Waals surface area contributed by atoms with E-state index < -0.39 is 0 Å². The van der Waals surface area contributed by atoms with Crippen molar-refractivity contribution in [2.45, 2.75) is 44.6 Å². The molecule has 4 nitrogen and oxygen atoms in total. The number of hydrogen-bond donors (Lipinski definition) is 3. The van der Waals surface area contributed by atoms with Crippen LogP contribution in [0.15, 0.2) is 0 Å². The quantitative estimate of drug-likeness (QED) is 0.650. The molecule has 2 fully saturated rings. The van der Waals surface area contributed by atoms with Crippen LogP contribution in [0.1, 0.15) is 39.0 Å². The van der Waals surface area contributed by atoms with Gasteiger partial charge in [-0.3, -0.25) is 4.79 Å². The molecule has 1 saturated carbocycles. The third-order valence-corrected chi connectivity index (χ3v) is 4.39. The molecule has 0 radical (unpaired) electrons. The molecule has 1 saturated heterocycles. The van der Waals surface area contributed by atoms with Crippen LogP contribution >= 0.6 is 0 Å². The molecular formula is C12H22N2O2. The van der Waals surface area contributed by atoms with Crippen molar-refractivity contribution in [2.24, 2.45) is 5.41 Å². The Morgan fingerprint density at radius 3 is 2.56 bits per heavy atom. The maximum atomic E-state index is 12.3. The molecule has 0 aromatic heterocycles. The van der Waals surface area contributed by atoms with Crippen molar-refractivity contribution in [1.82, 2.24) is 10.6 Å². The number of amides is 1. The SMILES string of the molecule is CCC1(C(=O)NC2(CO)CCC2)CCNC1. The van der Waals surface area contributed by atoms with Gasteiger partial charge in [-0.2, -0.15) is 0 Å². The molecule has 16 heavy (non-hydrogen) atoms.